The number of anilines is 1. The van der Waals surface area contributed by atoms with Gasteiger partial charge >= 0.3 is 0 Å². The number of ether oxygens (including phenoxy) is 3. The highest BCUT2D eigenvalue weighted by Crippen LogP contribution is 2.25. The third kappa shape index (κ3) is 5.99. The number of hydrogen-bond donors (Lipinski definition) is 2. The lowest BCUT2D eigenvalue weighted by atomic mass is 10.1. The summed E-state index contributed by atoms with van der Waals surface area (Å²) in [6.07, 6.45) is 0. The number of aromatic hydroxyl groups is 1. The fourth-order valence-corrected chi connectivity index (χ4v) is 2.61. The number of amides is 1. The molecule has 0 spiro atoms. The molecule has 3 rings (SSSR count). The minimum atomic E-state index is -0.413. The highest BCUT2D eigenvalue weighted by Gasteiger charge is 2.12. The zero-order chi connectivity index (χ0) is 20.5. The van der Waals surface area contributed by atoms with Gasteiger partial charge in [-0.1, -0.05) is 30.3 Å². The van der Waals surface area contributed by atoms with E-state index in [1.54, 1.807) is 37.4 Å². The van der Waals surface area contributed by atoms with E-state index in [4.69, 9.17) is 14.2 Å². The highest BCUT2D eigenvalue weighted by atomic mass is 16.5. The van der Waals surface area contributed by atoms with Gasteiger partial charge in [0.1, 0.15) is 30.5 Å². The maximum absolute atomic E-state index is 12.4. The predicted octanol–water partition coefficient (Wildman–Crippen LogP) is 4.25. The number of hydrogen-bond acceptors (Lipinski definition) is 5. The summed E-state index contributed by atoms with van der Waals surface area (Å²) in [6, 6.07) is 21.5. The summed E-state index contributed by atoms with van der Waals surface area (Å²) in [6.45, 7) is 1.27. The number of rotatable bonds is 9. The number of nitrogens with one attached hydrogen (secondary N) is 1. The standard InChI is InChI=1S/C23H23NO5/c1-27-13-14-28-20-11-12-21(22(25)15-20)23(26)24-18-7-9-19(10-8-18)29-16-17-5-3-2-4-6-17/h2-12,15,25H,13-14,16H2,1H3,(H,24,26). The summed E-state index contributed by atoms with van der Waals surface area (Å²) in [5, 5.41) is 12.9. The average Bonchev–Trinajstić information content (AvgIpc) is 2.74. The Morgan fingerprint density at radius 2 is 1.62 bits per heavy atom. The van der Waals surface area contributed by atoms with E-state index in [0.717, 1.165) is 5.56 Å². The second kappa shape index (κ2) is 10.1. The zero-order valence-electron chi connectivity index (χ0n) is 16.1. The number of phenols is 1. The van der Waals surface area contributed by atoms with Gasteiger partial charge in [0.2, 0.25) is 0 Å². The molecule has 0 aliphatic heterocycles. The largest absolute Gasteiger partial charge is 0.507 e. The molecule has 150 valence electrons. The van der Waals surface area contributed by atoms with Gasteiger partial charge in [-0.05, 0) is 42.0 Å². The van der Waals surface area contributed by atoms with Crippen molar-refractivity contribution in [3.8, 4) is 17.2 Å². The summed E-state index contributed by atoms with van der Waals surface area (Å²) in [7, 11) is 1.58. The Morgan fingerprint density at radius 3 is 2.31 bits per heavy atom. The van der Waals surface area contributed by atoms with Crippen LogP contribution in [0.3, 0.4) is 0 Å². The molecule has 0 atom stereocenters. The van der Waals surface area contributed by atoms with Crippen molar-refractivity contribution in [2.75, 3.05) is 25.6 Å². The normalized spacial score (nSPS) is 10.4. The van der Waals surface area contributed by atoms with Crippen molar-refractivity contribution in [3.05, 3.63) is 83.9 Å². The van der Waals surface area contributed by atoms with Crippen LogP contribution in [0.5, 0.6) is 17.2 Å². The third-order valence-electron chi connectivity index (χ3n) is 4.13. The summed E-state index contributed by atoms with van der Waals surface area (Å²) in [5.41, 5.74) is 1.84. The van der Waals surface area contributed by atoms with E-state index in [1.807, 2.05) is 30.3 Å². The molecule has 0 heterocycles. The van der Waals surface area contributed by atoms with Crippen molar-refractivity contribution < 1.29 is 24.1 Å². The Bertz CT molecular complexity index is 926. The summed E-state index contributed by atoms with van der Waals surface area (Å²) in [4.78, 5) is 12.4. The Hall–Kier alpha value is -3.51. The number of carbonyl (C=O) groups excluding carboxylic acids is 1. The van der Waals surface area contributed by atoms with Crippen molar-refractivity contribution in [2.45, 2.75) is 6.61 Å². The summed E-state index contributed by atoms with van der Waals surface area (Å²) >= 11 is 0. The van der Waals surface area contributed by atoms with Gasteiger partial charge in [0, 0.05) is 18.9 Å². The quantitative estimate of drug-likeness (QED) is 0.532. The SMILES string of the molecule is COCCOc1ccc(C(=O)Nc2ccc(OCc3ccccc3)cc2)c(O)c1. The first kappa shape index (κ1) is 20.2. The van der Waals surface area contributed by atoms with Gasteiger partial charge in [0.25, 0.3) is 5.91 Å². The van der Waals surface area contributed by atoms with Crippen LogP contribution in [0, 0.1) is 0 Å². The Balaban J connectivity index is 1.56. The van der Waals surface area contributed by atoms with Crippen LogP contribution in [0.1, 0.15) is 15.9 Å². The van der Waals surface area contributed by atoms with Crippen molar-refractivity contribution in [3.63, 3.8) is 0 Å². The second-order valence-electron chi connectivity index (χ2n) is 6.27. The van der Waals surface area contributed by atoms with Crippen LogP contribution in [0.15, 0.2) is 72.8 Å². The molecule has 0 aliphatic rings. The summed E-state index contributed by atoms with van der Waals surface area (Å²) < 4.78 is 16.1. The maximum Gasteiger partial charge on any atom is 0.259 e. The molecular formula is C23H23NO5. The molecule has 0 radical (unpaired) electrons. The van der Waals surface area contributed by atoms with E-state index in [0.29, 0.717) is 37.0 Å². The van der Waals surface area contributed by atoms with Gasteiger partial charge in [-0.3, -0.25) is 4.79 Å². The topological polar surface area (TPSA) is 77.0 Å². The molecule has 1 amide bonds. The third-order valence-corrected chi connectivity index (χ3v) is 4.13. The van der Waals surface area contributed by atoms with E-state index >= 15 is 0 Å². The van der Waals surface area contributed by atoms with Crippen LogP contribution in [0.4, 0.5) is 5.69 Å². The van der Waals surface area contributed by atoms with Gasteiger partial charge in [0.05, 0.1) is 12.2 Å². The molecule has 0 fully saturated rings. The minimum absolute atomic E-state index is 0.153. The number of methoxy groups -OCH3 is 1. The highest BCUT2D eigenvalue weighted by molar-refractivity contribution is 6.06. The lowest BCUT2D eigenvalue weighted by Crippen LogP contribution is -2.12. The molecule has 6 heteroatoms. The average molecular weight is 393 g/mol. The van der Waals surface area contributed by atoms with Crippen LogP contribution in [-0.4, -0.2) is 31.3 Å². The number of benzene rings is 3. The van der Waals surface area contributed by atoms with Crippen molar-refractivity contribution in [1.29, 1.82) is 0 Å². The van der Waals surface area contributed by atoms with E-state index in [1.165, 1.54) is 12.1 Å². The first-order chi connectivity index (χ1) is 14.2. The van der Waals surface area contributed by atoms with Crippen molar-refractivity contribution in [1.82, 2.24) is 0 Å². The molecule has 3 aromatic rings. The summed E-state index contributed by atoms with van der Waals surface area (Å²) in [5.74, 6) is 0.604. The van der Waals surface area contributed by atoms with Gasteiger partial charge < -0.3 is 24.6 Å². The van der Waals surface area contributed by atoms with Gasteiger partial charge in [-0.15, -0.1) is 0 Å². The molecule has 0 bridgehead atoms. The van der Waals surface area contributed by atoms with Crippen LogP contribution in [-0.2, 0) is 11.3 Å². The Morgan fingerprint density at radius 1 is 0.897 bits per heavy atom. The molecule has 6 nitrogen and oxygen atoms in total. The molecular weight excluding hydrogens is 370 g/mol. The van der Waals surface area contributed by atoms with Crippen LogP contribution < -0.4 is 14.8 Å². The lowest BCUT2D eigenvalue weighted by molar-refractivity contribution is 0.102. The van der Waals surface area contributed by atoms with Crippen LogP contribution >= 0.6 is 0 Å². The van der Waals surface area contributed by atoms with Gasteiger partial charge in [-0.25, -0.2) is 0 Å². The van der Waals surface area contributed by atoms with E-state index in [9.17, 15) is 9.90 Å². The Labute approximate surface area is 169 Å². The lowest BCUT2D eigenvalue weighted by Gasteiger charge is -2.10. The second-order valence-corrected chi connectivity index (χ2v) is 6.27. The van der Waals surface area contributed by atoms with Gasteiger partial charge in [-0.2, -0.15) is 0 Å². The Kier molecular flexibility index (Phi) is 7.08. The predicted molar refractivity (Wildman–Crippen MR) is 111 cm³/mol. The molecule has 2 N–H and O–H groups in total. The first-order valence-corrected chi connectivity index (χ1v) is 9.18. The van der Waals surface area contributed by atoms with E-state index in [-0.39, 0.29) is 11.3 Å². The van der Waals surface area contributed by atoms with Crippen molar-refractivity contribution in [2.24, 2.45) is 0 Å². The molecule has 0 unspecified atom stereocenters. The smallest absolute Gasteiger partial charge is 0.259 e. The molecule has 3 aromatic carbocycles. The van der Waals surface area contributed by atoms with E-state index in [2.05, 4.69) is 5.32 Å². The fourth-order valence-electron chi connectivity index (χ4n) is 2.61. The minimum Gasteiger partial charge on any atom is -0.507 e. The number of phenolic OH excluding ortho intramolecular Hbond substituents is 1. The van der Waals surface area contributed by atoms with E-state index < -0.39 is 5.91 Å². The molecule has 0 saturated heterocycles. The maximum atomic E-state index is 12.4. The zero-order valence-corrected chi connectivity index (χ0v) is 16.1. The van der Waals surface area contributed by atoms with Crippen molar-refractivity contribution >= 4 is 11.6 Å². The molecule has 0 saturated carbocycles. The first-order valence-electron chi connectivity index (χ1n) is 9.18. The molecule has 29 heavy (non-hydrogen) atoms. The monoisotopic (exact) mass is 393 g/mol. The van der Waals surface area contributed by atoms with Crippen LogP contribution in [0.25, 0.3) is 0 Å². The van der Waals surface area contributed by atoms with Crippen LogP contribution in [0.2, 0.25) is 0 Å². The molecule has 0 aliphatic carbocycles. The number of carbonyl (C=O) groups is 1. The van der Waals surface area contributed by atoms with Gasteiger partial charge in [0.15, 0.2) is 0 Å². The molecule has 0 aromatic heterocycles. The fraction of sp³-hybridized carbons (Fsp3) is 0.174.